The van der Waals surface area contributed by atoms with E-state index in [1.165, 1.54) is 25.6 Å². The third kappa shape index (κ3) is 5.54. The van der Waals surface area contributed by atoms with Gasteiger partial charge >= 0.3 is 0 Å². The quantitative estimate of drug-likeness (QED) is 0.767. The zero-order valence-corrected chi connectivity index (χ0v) is 18.2. The van der Waals surface area contributed by atoms with Crippen LogP contribution in [-0.2, 0) is 11.2 Å². The second kappa shape index (κ2) is 10.1. The highest BCUT2D eigenvalue weighted by molar-refractivity contribution is 5.95. The molecule has 0 spiro atoms. The van der Waals surface area contributed by atoms with Gasteiger partial charge in [0, 0.05) is 45.2 Å². The topological polar surface area (TPSA) is 69.0 Å². The monoisotopic (exact) mass is 424 g/mol. The molecule has 166 valence electrons. The van der Waals surface area contributed by atoms with Crippen LogP contribution in [0.25, 0.3) is 0 Å². The van der Waals surface area contributed by atoms with E-state index in [1.807, 2.05) is 35.2 Å². The molecule has 1 N–H and O–H groups in total. The van der Waals surface area contributed by atoms with Crippen LogP contribution in [0.5, 0.6) is 0 Å². The van der Waals surface area contributed by atoms with Crippen molar-refractivity contribution in [3.8, 4) is 0 Å². The number of nitrogens with zero attached hydrogens (tertiary/aromatic N) is 3. The van der Waals surface area contributed by atoms with Gasteiger partial charge in [-0.05, 0) is 44.1 Å². The fourth-order valence-electron chi connectivity index (χ4n) is 4.65. The first-order valence-corrected chi connectivity index (χ1v) is 11.2. The lowest BCUT2D eigenvalue weighted by atomic mass is 10.0. The smallest absolute Gasteiger partial charge is 0.287 e. The van der Waals surface area contributed by atoms with Crippen molar-refractivity contribution in [2.24, 2.45) is 0 Å². The molecule has 2 aliphatic heterocycles. The summed E-state index contributed by atoms with van der Waals surface area (Å²) in [6.45, 7) is 5.43. The Morgan fingerprint density at radius 2 is 1.84 bits per heavy atom. The Morgan fingerprint density at radius 3 is 2.52 bits per heavy atom. The second-order valence-corrected chi connectivity index (χ2v) is 8.61. The van der Waals surface area contributed by atoms with Crippen LogP contribution in [0.15, 0.2) is 53.1 Å². The molecule has 2 fully saturated rings. The Hall–Kier alpha value is -2.64. The molecule has 0 bridgehead atoms. The molecule has 1 aromatic heterocycles. The lowest BCUT2D eigenvalue weighted by Crippen LogP contribution is -2.58. The van der Waals surface area contributed by atoms with E-state index in [9.17, 15) is 9.59 Å². The van der Waals surface area contributed by atoms with Gasteiger partial charge in [0.15, 0.2) is 5.76 Å². The molecule has 7 nitrogen and oxygen atoms in total. The minimum atomic E-state index is -0.618. The number of carbonyl (C=O) groups excluding carboxylic acids is 2. The third-order valence-electron chi connectivity index (χ3n) is 6.37. The number of furan rings is 1. The molecule has 4 rings (SSSR count). The van der Waals surface area contributed by atoms with E-state index in [-0.39, 0.29) is 17.6 Å². The van der Waals surface area contributed by atoms with Gasteiger partial charge < -0.3 is 19.5 Å². The zero-order valence-electron chi connectivity index (χ0n) is 18.2. The number of hydrogen-bond acceptors (Lipinski definition) is 5. The van der Waals surface area contributed by atoms with Crippen molar-refractivity contribution >= 4 is 11.8 Å². The summed E-state index contributed by atoms with van der Waals surface area (Å²) in [6.07, 6.45) is 4.39. The highest BCUT2D eigenvalue weighted by Gasteiger charge is 2.32. The Balaban J connectivity index is 1.40. The molecule has 0 saturated carbocycles. The third-order valence-corrected chi connectivity index (χ3v) is 6.37. The Bertz CT molecular complexity index is 847. The number of carbonyl (C=O) groups is 2. The lowest BCUT2D eigenvalue weighted by Gasteiger charge is -2.43. The predicted molar refractivity (Wildman–Crippen MR) is 119 cm³/mol. The molecule has 2 aromatic rings. The molecule has 31 heavy (non-hydrogen) atoms. The van der Waals surface area contributed by atoms with Gasteiger partial charge in [-0.2, -0.15) is 0 Å². The summed E-state index contributed by atoms with van der Waals surface area (Å²) < 4.78 is 5.21. The molecular weight excluding hydrogens is 392 g/mol. The van der Waals surface area contributed by atoms with E-state index < -0.39 is 6.04 Å². The highest BCUT2D eigenvalue weighted by atomic mass is 16.3. The minimum absolute atomic E-state index is 0.0239. The molecule has 2 aliphatic rings. The predicted octanol–water partition coefficient (Wildman–Crippen LogP) is 1.86. The molecule has 1 aromatic carbocycles. The molecule has 2 unspecified atom stereocenters. The van der Waals surface area contributed by atoms with Gasteiger partial charge in [-0.3, -0.25) is 14.5 Å². The first-order chi connectivity index (χ1) is 15.1. The maximum absolute atomic E-state index is 13.4. The van der Waals surface area contributed by atoms with Crippen molar-refractivity contribution < 1.29 is 14.0 Å². The van der Waals surface area contributed by atoms with Crippen LogP contribution < -0.4 is 5.32 Å². The highest BCUT2D eigenvalue weighted by Crippen LogP contribution is 2.17. The van der Waals surface area contributed by atoms with E-state index in [1.54, 1.807) is 12.1 Å². The van der Waals surface area contributed by atoms with E-state index in [0.717, 1.165) is 25.2 Å². The summed E-state index contributed by atoms with van der Waals surface area (Å²) in [5.74, 6) is -0.163. The normalized spacial score (nSPS) is 21.6. The summed E-state index contributed by atoms with van der Waals surface area (Å²) in [5.41, 5.74) is 1.02. The number of piperidine rings is 1. The Labute approximate surface area is 184 Å². The second-order valence-electron chi connectivity index (χ2n) is 8.61. The number of rotatable bonds is 6. The lowest BCUT2D eigenvalue weighted by molar-refractivity contribution is -0.135. The van der Waals surface area contributed by atoms with Gasteiger partial charge in [0.25, 0.3) is 5.91 Å². The Kier molecular flexibility index (Phi) is 7.04. The summed E-state index contributed by atoms with van der Waals surface area (Å²) in [5, 5.41) is 2.90. The number of likely N-dealkylation sites (tertiary alicyclic amines) is 1. The van der Waals surface area contributed by atoms with Crippen molar-refractivity contribution in [2.45, 2.75) is 31.3 Å². The van der Waals surface area contributed by atoms with Gasteiger partial charge in [0.1, 0.15) is 6.04 Å². The van der Waals surface area contributed by atoms with Gasteiger partial charge in [-0.1, -0.05) is 30.3 Å². The maximum atomic E-state index is 13.4. The first kappa shape index (κ1) is 21.6. The summed E-state index contributed by atoms with van der Waals surface area (Å²) >= 11 is 0. The molecule has 2 saturated heterocycles. The fourth-order valence-corrected chi connectivity index (χ4v) is 4.65. The summed E-state index contributed by atoms with van der Waals surface area (Å²) in [4.78, 5) is 32.8. The van der Waals surface area contributed by atoms with Crippen molar-refractivity contribution in [3.63, 3.8) is 0 Å². The van der Waals surface area contributed by atoms with Crippen molar-refractivity contribution in [2.75, 3.05) is 46.3 Å². The zero-order chi connectivity index (χ0) is 21.6. The molecule has 0 radical (unpaired) electrons. The number of benzene rings is 1. The van der Waals surface area contributed by atoms with Crippen LogP contribution in [0.2, 0.25) is 0 Å². The van der Waals surface area contributed by atoms with Crippen LogP contribution in [0.3, 0.4) is 0 Å². The van der Waals surface area contributed by atoms with Crippen molar-refractivity contribution in [1.82, 2.24) is 20.0 Å². The number of nitrogens with one attached hydrogen (secondary N) is 1. The molecular formula is C24H32N4O3. The van der Waals surface area contributed by atoms with E-state index in [4.69, 9.17) is 4.42 Å². The fraction of sp³-hybridized carbons (Fsp3) is 0.500. The van der Waals surface area contributed by atoms with Gasteiger partial charge in [-0.15, -0.1) is 0 Å². The van der Waals surface area contributed by atoms with Gasteiger partial charge in [0.05, 0.1) is 6.26 Å². The molecule has 2 atom stereocenters. The molecule has 2 amide bonds. The van der Waals surface area contributed by atoms with E-state index in [2.05, 4.69) is 22.2 Å². The minimum Gasteiger partial charge on any atom is -0.459 e. The van der Waals surface area contributed by atoms with Gasteiger partial charge in [-0.25, -0.2) is 0 Å². The average molecular weight is 425 g/mol. The molecule has 7 heteroatoms. The summed E-state index contributed by atoms with van der Waals surface area (Å²) in [7, 11) is 2.18. The number of likely N-dealkylation sites (N-methyl/N-ethyl adjacent to an activating group) is 1. The van der Waals surface area contributed by atoms with Crippen LogP contribution >= 0.6 is 0 Å². The van der Waals surface area contributed by atoms with E-state index >= 15 is 0 Å². The maximum Gasteiger partial charge on any atom is 0.287 e. The van der Waals surface area contributed by atoms with Gasteiger partial charge in [0.2, 0.25) is 5.91 Å². The number of amides is 2. The number of hydrogen-bond donors (Lipinski definition) is 1. The average Bonchev–Trinajstić information content (AvgIpc) is 3.34. The van der Waals surface area contributed by atoms with Crippen LogP contribution in [0.1, 0.15) is 29.0 Å². The van der Waals surface area contributed by atoms with E-state index in [0.29, 0.717) is 25.6 Å². The largest absolute Gasteiger partial charge is 0.459 e. The standard InChI is InChI=1S/C24H32N4O3/c1-26-11-5-9-20(18-26)27-12-14-28(15-13-27)24(30)21(17-19-7-3-2-4-8-19)25-23(29)22-10-6-16-31-22/h2-4,6-8,10,16,20-21H,5,9,11-15,17-18H2,1H3,(H,25,29). The SMILES string of the molecule is CN1CCCC(N2CCN(C(=O)C(Cc3ccccc3)NC(=O)c3ccco3)CC2)C1. The van der Waals surface area contributed by atoms with Crippen LogP contribution in [0, 0.1) is 0 Å². The van der Waals surface area contributed by atoms with Crippen LogP contribution in [0.4, 0.5) is 0 Å². The van der Waals surface area contributed by atoms with Crippen LogP contribution in [-0.4, -0.2) is 84.9 Å². The summed E-state index contributed by atoms with van der Waals surface area (Å²) in [6, 6.07) is 13.1. The molecule has 3 heterocycles. The van der Waals surface area contributed by atoms with Crippen molar-refractivity contribution in [3.05, 3.63) is 60.1 Å². The molecule has 0 aliphatic carbocycles. The number of piperazine rings is 1. The van der Waals surface area contributed by atoms with Crippen molar-refractivity contribution in [1.29, 1.82) is 0 Å². The Morgan fingerprint density at radius 1 is 1.06 bits per heavy atom. The first-order valence-electron chi connectivity index (χ1n) is 11.2.